The molecule has 2 saturated carbocycles. The van der Waals surface area contributed by atoms with E-state index >= 15 is 0 Å². The molecule has 5 atom stereocenters. The Labute approximate surface area is 458 Å². The van der Waals surface area contributed by atoms with Crippen LogP contribution in [0.2, 0.25) is 5.04 Å². The van der Waals surface area contributed by atoms with Gasteiger partial charge in [-0.3, -0.25) is 4.79 Å². The number of hydrogen-bond donors (Lipinski definition) is 1. The molecule has 1 aliphatic heterocycles. The topological polar surface area (TPSA) is 72.5 Å². The molecule has 0 bridgehead atoms. The quantitative estimate of drug-likeness (QED) is 0.0463. The largest absolute Gasteiger partial charge is 0.494 e. The highest BCUT2D eigenvalue weighted by Gasteiger charge is 2.85. The first-order chi connectivity index (χ1) is 37.0. The van der Waals surface area contributed by atoms with E-state index in [4.69, 9.17) is 13.9 Å². The van der Waals surface area contributed by atoms with Crippen molar-refractivity contribution in [2.75, 3.05) is 72.2 Å². The highest BCUT2D eigenvalue weighted by molar-refractivity contribution is 6.99. The van der Waals surface area contributed by atoms with Crippen molar-refractivity contribution >= 4 is 24.6 Å². The maximum atomic E-state index is 13.3. The van der Waals surface area contributed by atoms with Crippen LogP contribution < -0.4 is 20.4 Å². The molecule has 8 nitrogen and oxygen atoms in total. The van der Waals surface area contributed by atoms with E-state index in [0.29, 0.717) is 43.7 Å². The monoisotopic (exact) mass is 1130 g/mol. The fourth-order valence-corrected chi connectivity index (χ4v) is 18.1. The molecule has 0 spiro atoms. The maximum absolute atomic E-state index is 13.3. The van der Waals surface area contributed by atoms with Crippen molar-refractivity contribution in [1.82, 2.24) is 15.1 Å². The zero-order chi connectivity index (χ0) is 56.2. The van der Waals surface area contributed by atoms with Crippen LogP contribution in [0.3, 0.4) is 0 Å². The number of amides is 1. The van der Waals surface area contributed by atoms with Crippen LogP contribution >= 0.6 is 0 Å². The average Bonchev–Trinajstić information content (AvgIpc) is 3.92. The number of halogens is 9. The Morgan fingerprint density at radius 3 is 1.85 bits per heavy atom. The third kappa shape index (κ3) is 14.5. The number of hydrogen-bond acceptors (Lipinski definition) is 7. The lowest BCUT2D eigenvalue weighted by atomic mass is 9.55. The first-order valence-electron chi connectivity index (χ1n) is 28.7. The predicted molar refractivity (Wildman–Crippen MR) is 289 cm³/mol. The lowest BCUT2D eigenvalue weighted by Crippen LogP contribution is -2.67. The maximum Gasteiger partial charge on any atom is 0.435 e. The minimum atomic E-state index is -6.75. The Balaban J connectivity index is 0.711. The average molecular weight is 1130 g/mol. The summed E-state index contributed by atoms with van der Waals surface area (Å²) in [7, 11) is -2.50. The van der Waals surface area contributed by atoms with Crippen LogP contribution in [0.4, 0.5) is 39.5 Å². The van der Waals surface area contributed by atoms with Gasteiger partial charge in [-0.05, 0) is 139 Å². The molecule has 3 aliphatic carbocycles. The van der Waals surface area contributed by atoms with Gasteiger partial charge in [-0.15, -0.1) is 0 Å². The second-order valence-corrected chi connectivity index (χ2v) is 27.9. The molecule has 3 aromatic rings. The molecule has 1 saturated heterocycles. The van der Waals surface area contributed by atoms with Crippen LogP contribution in [0.5, 0.6) is 5.75 Å². The van der Waals surface area contributed by atoms with Crippen molar-refractivity contribution in [3.8, 4) is 5.75 Å². The van der Waals surface area contributed by atoms with E-state index in [1.54, 1.807) is 0 Å². The normalized spacial score (nSPS) is 22.7. The summed E-state index contributed by atoms with van der Waals surface area (Å²) < 4.78 is 142. The van der Waals surface area contributed by atoms with Crippen LogP contribution in [0.1, 0.15) is 141 Å². The van der Waals surface area contributed by atoms with Crippen molar-refractivity contribution in [3.05, 3.63) is 90.0 Å². The Morgan fingerprint density at radius 1 is 0.654 bits per heavy atom. The summed E-state index contributed by atoms with van der Waals surface area (Å²) in [5.74, 6) is 2.04. The van der Waals surface area contributed by atoms with Gasteiger partial charge in [-0.1, -0.05) is 120 Å². The van der Waals surface area contributed by atoms with Gasteiger partial charge in [0.05, 0.1) is 19.3 Å². The third-order valence-corrected chi connectivity index (χ3v) is 22.6. The number of carbonyl (C=O) groups is 1. The number of piperazine rings is 1. The number of rotatable bonds is 27. The summed E-state index contributed by atoms with van der Waals surface area (Å²) in [6.45, 7) is 15.4. The van der Waals surface area contributed by atoms with Gasteiger partial charge in [0.2, 0.25) is 5.91 Å². The summed E-state index contributed by atoms with van der Waals surface area (Å²) in [6, 6.07) is 28.0. The lowest BCUT2D eigenvalue weighted by molar-refractivity contribution is -0.457. The summed E-state index contributed by atoms with van der Waals surface area (Å²) in [5.41, 5.74) is -3.91. The van der Waals surface area contributed by atoms with Crippen molar-refractivity contribution in [1.29, 1.82) is 0 Å². The molecule has 7 rings (SSSR count). The molecule has 78 heavy (non-hydrogen) atoms. The second kappa shape index (κ2) is 26.9. The van der Waals surface area contributed by atoms with Gasteiger partial charge in [0.25, 0.3) is 8.32 Å². The zero-order valence-electron chi connectivity index (χ0n) is 46.2. The van der Waals surface area contributed by atoms with Crippen molar-refractivity contribution in [3.63, 3.8) is 0 Å². The number of fused-ring (bicyclic) bond motifs is 5. The molecule has 3 fully saturated rings. The molecule has 1 amide bonds. The molecule has 0 radical (unpaired) electrons. The zero-order valence-corrected chi connectivity index (χ0v) is 47.2. The summed E-state index contributed by atoms with van der Waals surface area (Å²) in [6.07, 6.45) is -7.17. The lowest BCUT2D eigenvalue weighted by Gasteiger charge is -2.50. The third-order valence-electron chi connectivity index (χ3n) is 17.6. The number of aryl methyl sites for hydroxylation is 1. The van der Waals surface area contributed by atoms with Gasteiger partial charge in [0, 0.05) is 58.9 Å². The molecule has 1 heterocycles. The van der Waals surface area contributed by atoms with E-state index in [9.17, 15) is 44.3 Å². The highest BCUT2D eigenvalue weighted by atomic mass is 28.4. The van der Waals surface area contributed by atoms with E-state index in [-0.39, 0.29) is 29.1 Å². The van der Waals surface area contributed by atoms with Crippen LogP contribution in [0.25, 0.3) is 0 Å². The Bertz CT molecular complexity index is 2230. The highest BCUT2D eigenvalue weighted by Crippen LogP contribution is 2.62. The van der Waals surface area contributed by atoms with Gasteiger partial charge < -0.3 is 33.8 Å². The van der Waals surface area contributed by atoms with Crippen molar-refractivity contribution in [2.45, 2.75) is 172 Å². The molecular formula is C60H84F9N3O5Si. The number of nitrogens with zero attached hydrogens (tertiary/aromatic N) is 2. The number of nitrogens with one attached hydrogen (secondary N) is 1. The standard InChI is InChI=1S/C60H84F9N3O5Si/c1-55(2,3)78(47-20-11-9-12-21-47,48-22-13-10-14-23-48)77-43-16-8-6-5-7-15-24-54(73)70-33-17-34-71-36-38-72(39-37-71)35-18-40-74-46-26-28-49-45(44-46)25-27-51-50(49)31-32-56(4)52(51)29-30-53(56)75-41-19-42-76-57(58(61,62)63,59(64,65)66)60(67,68)69/h9-14,20-23,26,28,44,50-53H,5-8,15-19,24-25,27,29-43H2,1-4H3,(H,70,73)/t50?,51?,52?,53-,56-/m0/s1. The minimum absolute atomic E-state index is 0.0231. The SMILES string of the molecule is CC(C)(C)[Si](OCCCCCCCCC(=O)NCCCN1CCN(CCCOc2ccc3c(c2)CCC2C3CC[C@@]3(C)C2CC[C@@H]3OCCCOC(C(F)(F)F)(C(F)(F)F)C(F)(F)F)CC1)(c1ccccc1)c1ccccc1. The van der Waals surface area contributed by atoms with Gasteiger partial charge in [-0.25, -0.2) is 0 Å². The number of benzene rings is 3. The van der Waals surface area contributed by atoms with E-state index in [1.165, 1.54) is 21.5 Å². The number of ether oxygens (including phenoxy) is 3. The molecule has 4 aliphatic rings. The molecule has 1 N–H and O–H groups in total. The first kappa shape index (κ1) is 61.9. The molecular weight excluding hydrogens is 1040 g/mol. The Kier molecular flexibility index (Phi) is 21.4. The van der Waals surface area contributed by atoms with Gasteiger partial charge in [-0.2, -0.15) is 39.5 Å². The molecule has 436 valence electrons. The molecule has 0 aromatic heterocycles. The summed E-state index contributed by atoms with van der Waals surface area (Å²) >= 11 is 0. The van der Waals surface area contributed by atoms with Crippen molar-refractivity contribution < 1.29 is 62.9 Å². The fourth-order valence-electron chi connectivity index (χ4n) is 13.5. The van der Waals surface area contributed by atoms with Crippen LogP contribution in [0.15, 0.2) is 78.9 Å². The predicted octanol–water partition coefficient (Wildman–Crippen LogP) is 13.0. The van der Waals surface area contributed by atoms with Crippen LogP contribution in [-0.4, -0.2) is 126 Å². The smallest absolute Gasteiger partial charge is 0.435 e. The number of alkyl halides is 9. The fraction of sp³-hybridized carbons (Fsp3) is 0.683. The van der Waals surface area contributed by atoms with E-state index < -0.39 is 45.5 Å². The summed E-state index contributed by atoms with van der Waals surface area (Å²) in [4.78, 5) is 17.6. The van der Waals surface area contributed by atoms with E-state index in [1.807, 2.05) is 0 Å². The summed E-state index contributed by atoms with van der Waals surface area (Å²) in [5, 5.41) is 5.74. The van der Waals surface area contributed by atoms with Crippen LogP contribution in [-0.2, 0) is 25.1 Å². The van der Waals surface area contributed by atoms with Crippen molar-refractivity contribution in [2.24, 2.45) is 17.3 Å². The molecule has 3 unspecified atom stereocenters. The van der Waals surface area contributed by atoms with Gasteiger partial charge >= 0.3 is 24.1 Å². The van der Waals surface area contributed by atoms with Gasteiger partial charge in [0.1, 0.15) is 5.75 Å². The number of unbranched alkanes of at least 4 members (excludes halogenated alkanes) is 5. The van der Waals surface area contributed by atoms with Gasteiger partial charge in [0.15, 0.2) is 0 Å². The second-order valence-electron chi connectivity index (χ2n) is 23.6. The Morgan fingerprint density at radius 2 is 1.24 bits per heavy atom. The Hall–Kier alpha value is -3.68. The van der Waals surface area contributed by atoms with Crippen LogP contribution in [0, 0.1) is 17.3 Å². The minimum Gasteiger partial charge on any atom is -0.494 e. The molecule has 18 heteroatoms. The first-order valence-corrected chi connectivity index (χ1v) is 30.6. The molecule has 3 aromatic carbocycles. The van der Waals surface area contributed by atoms with E-state index in [0.717, 1.165) is 135 Å². The van der Waals surface area contributed by atoms with E-state index in [2.05, 4.69) is 126 Å². The number of carbonyl (C=O) groups excluding carboxylic acids is 1.